The SMILES string of the molecule is O=C(c1ccc2c(=O)n(C3CCCCC3)c(=S)[nH]c2c1)N1CCOCC1. The fourth-order valence-corrected chi connectivity index (χ4v) is 4.33. The molecule has 2 aliphatic rings. The molecule has 0 atom stereocenters. The average Bonchev–Trinajstić information content (AvgIpc) is 2.68. The van der Waals surface area contributed by atoms with Gasteiger partial charge in [0, 0.05) is 24.7 Å². The number of fused-ring (bicyclic) bond motifs is 1. The van der Waals surface area contributed by atoms with Crippen molar-refractivity contribution in [1.82, 2.24) is 14.5 Å². The monoisotopic (exact) mass is 373 g/mol. The summed E-state index contributed by atoms with van der Waals surface area (Å²) in [4.78, 5) is 30.6. The molecule has 1 aliphatic heterocycles. The van der Waals surface area contributed by atoms with Crippen molar-refractivity contribution in [3.8, 4) is 0 Å². The minimum atomic E-state index is -0.0546. The summed E-state index contributed by atoms with van der Waals surface area (Å²) in [5, 5.41) is 0.586. The summed E-state index contributed by atoms with van der Waals surface area (Å²) in [7, 11) is 0. The number of amides is 1. The number of benzene rings is 1. The van der Waals surface area contributed by atoms with E-state index in [-0.39, 0.29) is 17.5 Å². The van der Waals surface area contributed by atoms with Gasteiger partial charge in [-0.25, -0.2) is 0 Å². The molecule has 0 spiro atoms. The topological polar surface area (TPSA) is 67.3 Å². The van der Waals surface area contributed by atoms with E-state index in [1.165, 1.54) is 6.42 Å². The van der Waals surface area contributed by atoms with Gasteiger partial charge >= 0.3 is 0 Å². The molecule has 26 heavy (non-hydrogen) atoms. The Hall–Kier alpha value is -1.99. The fraction of sp³-hybridized carbons (Fsp3) is 0.526. The summed E-state index contributed by atoms with van der Waals surface area (Å²) in [6.45, 7) is 2.31. The van der Waals surface area contributed by atoms with Gasteiger partial charge in [0.05, 0.1) is 24.1 Å². The largest absolute Gasteiger partial charge is 0.378 e. The van der Waals surface area contributed by atoms with Gasteiger partial charge in [0.15, 0.2) is 4.77 Å². The molecule has 1 aliphatic carbocycles. The van der Waals surface area contributed by atoms with Crippen LogP contribution in [0.2, 0.25) is 0 Å². The van der Waals surface area contributed by atoms with Crippen molar-refractivity contribution in [3.63, 3.8) is 0 Å². The Bertz CT molecular complexity index is 937. The van der Waals surface area contributed by atoms with Crippen LogP contribution in [0.5, 0.6) is 0 Å². The Morgan fingerprint density at radius 1 is 1.15 bits per heavy atom. The molecule has 6 nitrogen and oxygen atoms in total. The van der Waals surface area contributed by atoms with Crippen molar-refractivity contribution in [2.45, 2.75) is 38.1 Å². The molecule has 4 rings (SSSR count). The second-order valence-corrected chi connectivity index (χ2v) is 7.45. The molecule has 1 aromatic carbocycles. The third kappa shape index (κ3) is 3.21. The smallest absolute Gasteiger partial charge is 0.262 e. The van der Waals surface area contributed by atoms with Gasteiger partial charge in [-0.15, -0.1) is 0 Å². The number of carbonyl (C=O) groups excluding carboxylic acids is 1. The maximum absolute atomic E-state index is 13.0. The fourth-order valence-electron chi connectivity index (χ4n) is 3.98. The molecule has 2 fully saturated rings. The highest BCUT2D eigenvalue weighted by atomic mass is 32.1. The predicted molar refractivity (Wildman–Crippen MR) is 102 cm³/mol. The van der Waals surface area contributed by atoms with Gasteiger partial charge in [-0.05, 0) is 43.3 Å². The van der Waals surface area contributed by atoms with Crippen LogP contribution in [0.25, 0.3) is 10.9 Å². The second-order valence-electron chi connectivity index (χ2n) is 7.06. The zero-order chi connectivity index (χ0) is 18.1. The molecule has 7 heteroatoms. The van der Waals surface area contributed by atoms with Gasteiger partial charge in [0.2, 0.25) is 0 Å². The third-order valence-corrected chi connectivity index (χ3v) is 5.71. The summed E-state index contributed by atoms with van der Waals surface area (Å²) in [5.41, 5.74) is 1.15. The predicted octanol–water partition coefficient (Wildman–Crippen LogP) is 3.04. The van der Waals surface area contributed by atoms with E-state index in [1.54, 1.807) is 27.7 Å². The summed E-state index contributed by atoms with van der Waals surface area (Å²) in [6.07, 6.45) is 5.49. The van der Waals surface area contributed by atoms with Gasteiger partial charge < -0.3 is 14.6 Å². The number of aromatic nitrogens is 2. The number of nitrogens with one attached hydrogen (secondary N) is 1. The number of hydrogen-bond acceptors (Lipinski definition) is 4. The van der Waals surface area contributed by atoms with Crippen LogP contribution in [-0.4, -0.2) is 46.7 Å². The maximum atomic E-state index is 13.0. The Morgan fingerprint density at radius 2 is 1.88 bits per heavy atom. The van der Waals surface area contributed by atoms with E-state index in [9.17, 15) is 9.59 Å². The first-order valence-corrected chi connectivity index (χ1v) is 9.71. The molecule has 0 bridgehead atoms. The minimum absolute atomic E-state index is 0.0361. The third-order valence-electron chi connectivity index (χ3n) is 5.41. The van der Waals surface area contributed by atoms with Gasteiger partial charge in [-0.1, -0.05) is 19.3 Å². The number of ether oxygens (including phenoxy) is 1. The lowest BCUT2D eigenvalue weighted by Crippen LogP contribution is -2.40. The van der Waals surface area contributed by atoms with Crippen LogP contribution in [0.4, 0.5) is 0 Å². The van der Waals surface area contributed by atoms with Crippen LogP contribution in [0.1, 0.15) is 48.5 Å². The van der Waals surface area contributed by atoms with Crippen molar-refractivity contribution < 1.29 is 9.53 Å². The molecule has 1 saturated carbocycles. The molecule has 1 amide bonds. The molecule has 0 radical (unpaired) electrons. The molecular formula is C19H23N3O3S. The highest BCUT2D eigenvalue weighted by Gasteiger charge is 2.21. The van der Waals surface area contributed by atoms with Gasteiger partial charge in [0.1, 0.15) is 0 Å². The molecule has 1 aromatic heterocycles. The molecular weight excluding hydrogens is 350 g/mol. The van der Waals surface area contributed by atoms with Crippen molar-refractivity contribution in [2.24, 2.45) is 0 Å². The van der Waals surface area contributed by atoms with Gasteiger partial charge in [0.25, 0.3) is 11.5 Å². The standard InChI is InChI=1S/C19H23N3O3S/c23-17(21-8-10-25-11-9-21)13-6-7-15-16(12-13)20-19(26)22(18(15)24)14-4-2-1-3-5-14/h6-7,12,14H,1-5,8-11H2,(H,20,26). The van der Waals surface area contributed by atoms with Crippen LogP contribution in [0, 0.1) is 4.77 Å². The number of H-pyrrole nitrogens is 1. The van der Waals surface area contributed by atoms with Crippen molar-refractivity contribution >= 4 is 29.0 Å². The molecule has 0 unspecified atom stereocenters. The number of hydrogen-bond donors (Lipinski definition) is 1. The van der Waals surface area contributed by atoms with E-state index >= 15 is 0 Å². The summed E-state index contributed by atoms with van der Waals surface area (Å²) < 4.78 is 7.49. The molecule has 1 N–H and O–H groups in total. The highest BCUT2D eigenvalue weighted by molar-refractivity contribution is 7.71. The van der Waals surface area contributed by atoms with E-state index in [0.29, 0.717) is 47.5 Å². The first kappa shape index (κ1) is 17.4. The normalized spacial score (nSPS) is 19.0. The molecule has 1 saturated heterocycles. The second kappa shape index (κ2) is 7.32. The molecule has 2 heterocycles. The number of rotatable bonds is 2. The quantitative estimate of drug-likeness (QED) is 0.822. The Kier molecular flexibility index (Phi) is 4.91. The Morgan fingerprint density at radius 3 is 2.62 bits per heavy atom. The average molecular weight is 373 g/mol. The Balaban J connectivity index is 1.72. The van der Waals surface area contributed by atoms with Gasteiger partial charge in [-0.3, -0.25) is 14.2 Å². The Labute approximate surface area is 156 Å². The summed E-state index contributed by atoms with van der Waals surface area (Å²) >= 11 is 5.48. The van der Waals surface area contributed by atoms with Crippen LogP contribution in [0.15, 0.2) is 23.0 Å². The van der Waals surface area contributed by atoms with E-state index in [2.05, 4.69) is 4.98 Å². The summed E-state index contributed by atoms with van der Waals surface area (Å²) in [6, 6.07) is 5.41. The van der Waals surface area contributed by atoms with Crippen molar-refractivity contribution in [3.05, 3.63) is 38.9 Å². The summed E-state index contributed by atoms with van der Waals surface area (Å²) in [5.74, 6) is -0.0361. The van der Waals surface area contributed by atoms with Gasteiger partial charge in [-0.2, -0.15) is 0 Å². The minimum Gasteiger partial charge on any atom is -0.378 e. The van der Waals surface area contributed by atoms with E-state index in [1.807, 2.05) is 0 Å². The maximum Gasteiger partial charge on any atom is 0.262 e. The number of morpholine rings is 1. The first-order chi connectivity index (χ1) is 12.6. The van der Waals surface area contributed by atoms with Crippen molar-refractivity contribution in [2.75, 3.05) is 26.3 Å². The number of carbonyl (C=O) groups is 1. The van der Waals surface area contributed by atoms with Crippen LogP contribution in [0.3, 0.4) is 0 Å². The lowest BCUT2D eigenvalue weighted by atomic mass is 9.95. The van der Waals surface area contributed by atoms with E-state index in [0.717, 1.165) is 25.7 Å². The zero-order valence-electron chi connectivity index (χ0n) is 14.7. The van der Waals surface area contributed by atoms with Crippen LogP contribution >= 0.6 is 12.2 Å². The number of nitrogens with zero attached hydrogens (tertiary/aromatic N) is 2. The van der Waals surface area contributed by atoms with Crippen molar-refractivity contribution in [1.29, 1.82) is 0 Å². The van der Waals surface area contributed by atoms with Crippen LogP contribution in [-0.2, 0) is 4.74 Å². The number of aromatic amines is 1. The van der Waals surface area contributed by atoms with E-state index in [4.69, 9.17) is 17.0 Å². The first-order valence-electron chi connectivity index (χ1n) is 9.31. The highest BCUT2D eigenvalue weighted by Crippen LogP contribution is 2.27. The molecule has 2 aromatic rings. The van der Waals surface area contributed by atoms with Crippen LogP contribution < -0.4 is 5.56 Å². The zero-order valence-corrected chi connectivity index (χ0v) is 15.5. The lowest BCUT2D eigenvalue weighted by molar-refractivity contribution is 0.0303. The molecule has 138 valence electrons. The van der Waals surface area contributed by atoms with E-state index < -0.39 is 0 Å². The lowest BCUT2D eigenvalue weighted by Gasteiger charge is -2.27.